The SMILES string of the molecule is CCSCCCNC1CCC(N(C)C(=O)OC(C)(C)C)CC1. The van der Waals surface area contributed by atoms with E-state index in [-0.39, 0.29) is 6.09 Å². The molecular weight excluding hydrogens is 296 g/mol. The molecule has 1 amide bonds. The summed E-state index contributed by atoms with van der Waals surface area (Å²) in [5.74, 6) is 2.46. The van der Waals surface area contributed by atoms with Gasteiger partial charge in [-0.2, -0.15) is 11.8 Å². The number of amides is 1. The minimum Gasteiger partial charge on any atom is -0.444 e. The van der Waals surface area contributed by atoms with Gasteiger partial charge in [-0.15, -0.1) is 0 Å². The summed E-state index contributed by atoms with van der Waals surface area (Å²) < 4.78 is 5.45. The van der Waals surface area contributed by atoms with E-state index in [1.807, 2.05) is 39.6 Å². The summed E-state index contributed by atoms with van der Waals surface area (Å²) in [5, 5.41) is 3.66. The van der Waals surface area contributed by atoms with Crippen molar-refractivity contribution in [2.24, 2.45) is 0 Å². The molecule has 5 heteroatoms. The lowest BCUT2D eigenvalue weighted by molar-refractivity contribution is 0.0179. The molecule has 0 unspecified atom stereocenters. The van der Waals surface area contributed by atoms with E-state index in [0.29, 0.717) is 12.1 Å². The quantitative estimate of drug-likeness (QED) is 0.719. The zero-order valence-corrected chi connectivity index (χ0v) is 15.8. The molecule has 1 saturated carbocycles. The van der Waals surface area contributed by atoms with Crippen LogP contribution in [0.3, 0.4) is 0 Å². The highest BCUT2D eigenvalue weighted by Crippen LogP contribution is 2.24. The van der Waals surface area contributed by atoms with Crippen LogP contribution >= 0.6 is 11.8 Å². The highest BCUT2D eigenvalue weighted by Gasteiger charge is 2.28. The van der Waals surface area contributed by atoms with Gasteiger partial charge in [0.1, 0.15) is 5.60 Å². The molecule has 22 heavy (non-hydrogen) atoms. The van der Waals surface area contributed by atoms with Crippen molar-refractivity contribution in [3.63, 3.8) is 0 Å². The predicted molar refractivity (Wildman–Crippen MR) is 95.7 cm³/mol. The van der Waals surface area contributed by atoms with Crippen LogP contribution in [0.25, 0.3) is 0 Å². The summed E-state index contributed by atoms with van der Waals surface area (Å²) in [6.07, 6.45) is 5.49. The highest BCUT2D eigenvalue weighted by molar-refractivity contribution is 7.99. The first-order chi connectivity index (χ1) is 10.3. The third kappa shape index (κ3) is 7.73. The number of nitrogens with zero attached hydrogens (tertiary/aromatic N) is 1. The molecule has 0 aromatic rings. The Morgan fingerprint density at radius 1 is 1.27 bits per heavy atom. The third-order valence-electron chi connectivity index (χ3n) is 4.03. The second-order valence-electron chi connectivity index (χ2n) is 7.10. The fraction of sp³-hybridized carbons (Fsp3) is 0.941. The first kappa shape index (κ1) is 19.6. The first-order valence-electron chi connectivity index (χ1n) is 8.60. The van der Waals surface area contributed by atoms with Gasteiger partial charge in [-0.25, -0.2) is 4.79 Å². The van der Waals surface area contributed by atoms with E-state index in [4.69, 9.17) is 4.74 Å². The Morgan fingerprint density at radius 3 is 2.45 bits per heavy atom. The van der Waals surface area contributed by atoms with E-state index in [2.05, 4.69) is 12.2 Å². The molecule has 130 valence electrons. The molecule has 0 radical (unpaired) electrons. The molecule has 1 aliphatic rings. The summed E-state index contributed by atoms with van der Waals surface area (Å²) in [6.45, 7) is 9.06. The van der Waals surface area contributed by atoms with Gasteiger partial charge in [-0.05, 0) is 70.9 Å². The van der Waals surface area contributed by atoms with Crippen LogP contribution in [0.1, 0.15) is 59.8 Å². The molecule has 0 saturated heterocycles. The van der Waals surface area contributed by atoms with E-state index in [1.165, 1.54) is 17.9 Å². The van der Waals surface area contributed by atoms with Gasteiger partial charge in [0, 0.05) is 19.1 Å². The largest absolute Gasteiger partial charge is 0.444 e. The van der Waals surface area contributed by atoms with Crippen molar-refractivity contribution in [1.29, 1.82) is 0 Å². The number of carbonyl (C=O) groups excluding carboxylic acids is 1. The van der Waals surface area contributed by atoms with Crippen LogP contribution in [-0.4, -0.2) is 53.8 Å². The van der Waals surface area contributed by atoms with Gasteiger partial charge in [0.15, 0.2) is 0 Å². The maximum atomic E-state index is 12.1. The standard InChI is InChI=1S/C17H34N2O2S/c1-6-22-13-7-12-18-14-8-10-15(11-9-14)19(5)16(20)21-17(2,3)4/h14-15,18H,6-13H2,1-5H3. The fourth-order valence-corrected chi connectivity index (χ4v) is 3.41. The van der Waals surface area contributed by atoms with Crippen LogP contribution in [0.4, 0.5) is 4.79 Å². The molecule has 0 aromatic carbocycles. The molecule has 4 nitrogen and oxygen atoms in total. The number of hydrogen-bond acceptors (Lipinski definition) is 4. The van der Waals surface area contributed by atoms with Gasteiger partial charge < -0.3 is 15.0 Å². The molecular formula is C17H34N2O2S. The Kier molecular flexibility index (Phi) is 8.62. The van der Waals surface area contributed by atoms with Crippen LogP contribution in [0.5, 0.6) is 0 Å². The Morgan fingerprint density at radius 2 is 1.91 bits per heavy atom. The van der Waals surface area contributed by atoms with Crippen molar-refractivity contribution in [3.8, 4) is 0 Å². The van der Waals surface area contributed by atoms with Crippen molar-refractivity contribution >= 4 is 17.9 Å². The Labute approximate surface area is 140 Å². The smallest absolute Gasteiger partial charge is 0.410 e. The summed E-state index contributed by atoms with van der Waals surface area (Å²) in [7, 11) is 1.87. The van der Waals surface area contributed by atoms with Gasteiger partial charge in [0.05, 0.1) is 0 Å². The Balaban J connectivity index is 2.22. The van der Waals surface area contributed by atoms with Crippen LogP contribution < -0.4 is 5.32 Å². The average Bonchev–Trinajstić information content (AvgIpc) is 2.45. The van der Waals surface area contributed by atoms with Crippen LogP contribution in [0.2, 0.25) is 0 Å². The average molecular weight is 331 g/mol. The number of nitrogens with one attached hydrogen (secondary N) is 1. The first-order valence-corrected chi connectivity index (χ1v) is 9.76. The number of hydrogen-bond donors (Lipinski definition) is 1. The molecule has 0 atom stereocenters. The van der Waals surface area contributed by atoms with E-state index in [0.717, 1.165) is 32.2 Å². The molecule has 1 N–H and O–H groups in total. The molecule has 0 heterocycles. The monoisotopic (exact) mass is 330 g/mol. The van der Waals surface area contributed by atoms with Gasteiger partial charge >= 0.3 is 6.09 Å². The predicted octanol–water partition coefficient (Wildman–Crippen LogP) is 3.90. The summed E-state index contributed by atoms with van der Waals surface area (Å²) in [5.41, 5.74) is -0.416. The Bertz CT molecular complexity index is 323. The van der Waals surface area contributed by atoms with Gasteiger partial charge in [0.2, 0.25) is 0 Å². The van der Waals surface area contributed by atoms with Gasteiger partial charge in [0.25, 0.3) is 0 Å². The molecule has 0 spiro atoms. The maximum absolute atomic E-state index is 12.1. The minimum atomic E-state index is -0.416. The minimum absolute atomic E-state index is 0.194. The van der Waals surface area contributed by atoms with Crippen LogP contribution in [-0.2, 0) is 4.74 Å². The molecule has 0 aliphatic heterocycles. The topological polar surface area (TPSA) is 41.6 Å². The van der Waals surface area contributed by atoms with Crippen LogP contribution in [0, 0.1) is 0 Å². The van der Waals surface area contributed by atoms with Crippen molar-refractivity contribution in [2.75, 3.05) is 25.1 Å². The maximum Gasteiger partial charge on any atom is 0.410 e. The van der Waals surface area contributed by atoms with Gasteiger partial charge in [-0.3, -0.25) is 0 Å². The van der Waals surface area contributed by atoms with E-state index in [9.17, 15) is 4.79 Å². The van der Waals surface area contributed by atoms with Gasteiger partial charge in [-0.1, -0.05) is 6.92 Å². The lowest BCUT2D eigenvalue weighted by Gasteiger charge is -2.35. The van der Waals surface area contributed by atoms with E-state index >= 15 is 0 Å². The zero-order valence-electron chi connectivity index (χ0n) is 15.0. The second-order valence-corrected chi connectivity index (χ2v) is 8.50. The third-order valence-corrected chi connectivity index (χ3v) is 5.01. The van der Waals surface area contributed by atoms with Crippen molar-refractivity contribution in [1.82, 2.24) is 10.2 Å². The highest BCUT2D eigenvalue weighted by atomic mass is 32.2. The number of ether oxygens (including phenoxy) is 1. The summed E-state index contributed by atoms with van der Waals surface area (Å²) in [6, 6.07) is 0.943. The normalized spacial score (nSPS) is 22.4. The fourth-order valence-electron chi connectivity index (χ4n) is 2.77. The molecule has 1 rings (SSSR count). The lowest BCUT2D eigenvalue weighted by atomic mass is 9.90. The molecule has 0 aromatic heterocycles. The lowest BCUT2D eigenvalue weighted by Crippen LogP contribution is -2.45. The van der Waals surface area contributed by atoms with Crippen molar-refractivity contribution < 1.29 is 9.53 Å². The molecule has 0 bridgehead atoms. The summed E-state index contributed by atoms with van der Waals surface area (Å²) >= 11 is 2.01. The van der Waals surface area contributed by atoms with E-state index < -0.39 is 5.60 Å². The Hall–Kier alpha value is -0.420. The molecule has 1 aliphatic carbocycles. The van der Waals surface area contributed by atoms with E-state index in [1.54, 1.807) is 4.90 Å². The summed E-state index contributed by atoms with van der Waals surface area (Å²) in [4.78, 5) is 13.9. The number of carbonyl (C=O) groups is 1. The van der Waals surface area contributed by atoms with Crippen LogP contribution in [0.15, 0.2) is 0 Å². The second kappa shape index (κ2) is 9.66. The molecule has 1 fully saturated rings. The number of rotatable bonds is 7. The van der Waals surface area contributed by atoms with Crippen molar-refractivity contribution in [3.05, 3.63) is 0 Å². The van der Waals surface area contributed by atoms with Crippen molar-refractivity contribution in [2.45, 2.75) is 77.5 Å². The zero-order chi connectivity index (χ0) is 16.6. The number of thioether (sulfide) groups is 1.